The number of urea groups is 1. The van der Waals surface area contributed by atoms with E-state index in [2.05, 4.69) is 10.1 Å². The molecule has 2 fully saturated rings. The Bertz CT molecular complexity index is 829. The average molecular weight is 391 g/mol. The van der Waals surface area contributed by atoms with Crippen LogP contribution in [-0.2, 0) is 17.8 Å². The number of aromatic nitrogens is 2. The molecule has 3 amide bonds. The number of hydrogen-bond donors (Lipinski definition) is 1. The maximum Gasteiger partial charge on any atom is 0.327 e. The third-order valence-electron chi connectivity index (χ3n) is 4.96. The fourth-order valence-electron chi connectivity index (χ4n) is 3.54. The van der Waals surface area contributed by atoms with Crippen LogP contribution in [0.2, 0.25) is 5.02 Å². The van der Waals surface area contributed by atoms with Crippen molar-refractivity contribution >= 4 is 23.5 Å². The number of aliphatic hydroxyl groups is 1. The highest BCUT2D eigenvalue weighted by molar-refractivity contribution is 6.30. The molecule has 2 atom stereocenters. The average Bonchev–Trinajstić information content (AvgIpc) is 3.21. The van der Waals surface area contributed by atoms with Gasteiger partial charge in [-0.2, -0.15) is 4.98 Å². The SMILES string of the molecule is O=C1[C@@H]2CCCCN2C(=O)N1Cc1nc(C[C@H](O)c2ccc(Cl)cc2)no1. The lowest BCUT2D eigenvalue weighted by molar-refractivity contribution is -0.129. The summed E-state index contributed by atoms with van der Waals surface area (Å²) >= 11 is 5.85. The topological polar surface area (TPSA) is 99.8 Å². The second kappa shape index (κ2) is 7.28. The number of fused-ring (bicyclic) bond motifs is 1. The zero-order chi connectivity index (χ0) is 19.0. The molecular formula is C18H19ClN4O4. The largest absolute Gasteiger partial charge is 0.388 e. The summed E-state index contributed by atoms with van der Waals surface area (Å²) in [6, 6.07) is 6.19. The van der Waals surface area contributed by atoms with Gasteiger partial charge in [-0.3, -0.25) is 9.69 Å². The lowest BCUT2D eigenvalue weighted by atomic mass is 10.0. The van der Waals surface area contributed by atoms with Crippen molar-refractivity contribution in [3.05, 3.63) is 46.6 Å². The van der Waals surface area contributed by atoms with Crippen LogP contribution in [0.15, 0.2) is 28.8 Å². The number of aliphatic hydroxyl groups excluding tert-OH is 1. The first-order chi connectivity index (χ1) is 13.0. The minimum absolute atomic E-state index is 0.0469. The first-order valence-electron chi connectivity index (χ1n) is 8.90. The standard InChI is InChI=1S/C18H19ClN4O4/c19-12-6-4-11(5-7-12)14(24)9-15-20-16(27-21-15)10-23-17(25)13-3-1-2-8-22(13)18(23)26/h4-7,13-14,24H,1-3,8-10H2/t13-,14-/m0/s1. The fraction of sp³-hybridized carbons (Fsp3) is 0.444. The fourth-order valence-corrected chi connectivity index (χ4v) is 3.67. The number of nitrogens with zero attached hydrogens (tertiary/aromatic N) is 4. The van der Waals surface area contributed by atoms with E-state index in [4.69, 9.17) is 16.1 Å². The second-order valence-corrected chi connectivity index (χ2v) is 7.22. The van der Waals surface area contributed by atoms with Crippen LogP contribution >= 0.6 is 11.6 Å². The number of imide groups is 1. The van der Waals surface area contributed by atoms with E-state index in [0.29, 0.717) is 29.4 Å². The molecule has 2 saturated heterocycles. The summed E-state index contributed by atoms with van der Waals surface area (Å²) in [6.07, 6.45) is 1.90. The third kappa shape index (κ3) is 3.54. The maximum absolute atomic E-state index is 12.5. The summed E-state index contributed by atoms with van der Waals surface area (Å²) in [7, 11) is 0. The quantitative estimate of drug-likeness (QED) is 0.786. The number of carbonyl (C=O) groups is 2. The van der Waals surface area contributed by atoms with E-state index in [1.807, 2.05) is 0 Å². The van der Waals surface area contributed by atoms with Crippen LogP contribution in [0.3, 0.4) is 0 Å². The summed E-state index contributed by atoms with van der Waals surface area (Å²) in [6.45, 7) is 0.558. The lowest BCUT2D eigenvalue weighted by Crippen LogP contribution is -2.38. The summed E-state index contributed by atoms with van der Waals surface area (Å²) < 4.78 is 5.17. The van der Waals surface area contributed by atoms with Crippen molar-refractivity contribution in [3.63, 3.8) is 0 Å². The molecule has 9 heteroatoms. The Morgan fingerprint density at radius 3 is 2.78 bits per heavy atom. The highest BCUT2D eigenvalue weighted by Crippen LogP contribution is 2.27. The molecule has 1 aromatic carbocycles. The van der Waals surface area contributed by atoms with Crippen molar-refractivity contribution in [2.45, 2.75) is 44.4 Å². The molecule has 2 aromatic rings. The maximum atomic E-state index is 12.5. The van der Waals surface area contributed by atoms with Crippen molar-refractivity contribution < 1.29 is 19.2 Å². The smallest absolute Gasteiger partial charge is 0.327 e. The lowest BCUT2D eigenvalue weighted by Gasteiger charge is -2.25. The molecule has 0 spiro atoms. The molecule has 1 N–H and O–H groups in total. The molecule has 27 heavy (non-hydrogen) atoms. The van der Waals surface area contributed by atoms with Crippen molar-refractivity contribution in [2.75, 3.05) is 6.54 Å². The van der Waals surface area contributed by atoms with Gasteiger partial charge in [0.2, 0.25) is 5.89 Å². The van der Waals surface area contributed by atoms with E-state index >= 15 is 0 Å². The molecule has 0 bridgehead atoms. The molecule has 0 radical (unpaired) electrons. The minimum atomic E-state index is -0.809. The van der Waals surface area contributed by atoms with Gasteiger partial charge in [0.15, 0.2) is 5.82 Å². The highest BCUT2D eigenvalue weighted by atomic mass is 35.5. The van der Waals surface area contributed by atoms with Gasteiger partial charge in [-0.1, -0.05) is 28.9 Å². The van der Waals surface area contributed by atoms with Gasteiger partial charge < -0.3 is 14.5 Å². The van der Waals surface area contributed by atoms with Crippen molar-refractivity contribution in [3.8, 4) is 0 Å². The Balaban J connectivity index is 1.41. The van der Waals surface area contributed by atoms with Gasteiger partial charge in [-0.05, 0) is 37.0 Å². The van der Waals surface area contributed by atoms with Crippen molar-refractivity contribution in [2.24, 2.45) is 0 Å². The molecule has 2 aliphatic rings. The van der Waals surface area contributed by atoms with Crippen LogP contribution < -0.4 is 0 Å². The van der Waals surface area contributed by atoms with E-state index < -0.39 is 6.10 Å². The molecule has 8 nitrogen and oxygen atoms in total. The number of hydrogen-bond acceptors (Lipinski definition) is 6. The molecule has 4 rings (SSSR count). The molecule has 0 unspecified atom stereocenters. The zero-order valence-electron chi connectivity index (χ0n) is 14.5. The van der Waals surface area contributed by atoms with Gasteiger partial charge >= 0.3 is 6.03 Å². The number of benzene rings is 1. The van der Waals surface area contributed by atoms with E-state index in [0.717, 1.165) is 12.8 Å². The number of rotatable bonds is 5. The Labute approximate surface area is 160 Å². The molecule has 0 saturated carbocycles. The van der Waals surface area contributed by atoms with Gasteiger partial charge in [-0.15, -0.1) is 0 Å². The molecule has 142 valence electrons. The summed E-state index contributed by atoms with van der Waals surface area (Å²) in [5.41, 5.74) is 0.688. The predicted octanol–water partition coefficient (Wildman–Crippen LogP) is 2.32. The Morgan fingerprint density at radius 1 is 1.26 bits per heavy atom. The monoisotopic (exact) mass is 390 g/mol. The van der Waals surface area contributed by atoms with E-state index in [1.54, 1.807) is 29.2 Å². The van der Waals surface area contributed by atoms with Crippen LogP contribution in [0.4, 0.5) is 4.79 Å². The van der Waals surface area contributed by atoms with Gasteiger partial charge in [-0.25, -0.2) is 4.79 Å². The van der Waals surface area contributed by atoms with E-state index in [1.165, 1.54) is 4.90 Å². The number of amides is 3. The summed E-state index contributed by atoms with van der Waals surface area (Å²) in [5, 5.41) is 14.7. The van der Waals surface area contributed by atoms with Gasteiger partial charge in [0.05, 0.1) is 6.10 Å². The second-order valence-electron chi connectivity index (χ2n) is 6.79. The molecule has 0 aliphatic carbocycles. The third-order valence-corrected chi connectivity index (χ3v) is 5.22. The summed E-state index contributed by atoms with van der Waals surface area (Å²) in [4.78, 5) is 31.9. The van der Waals surface area contributed by atoms with Crippen LogP contribution in [0, 0.1) is 0 Å². The molecule has 2 aliphatic heterocycles. The predicted molar refractivity (Wildman–Crippen MR) is 94.7 cm³/mol. The minimum Gasteiger partial charge on any atom is -0.388 e. The summed E-state index contributed by atoms with van der Waals surface area (Å²) in [5.74, 6) is 0.278. The molecule has 3 heterocycles. The molecular weight excluding hydrogens is 372 g/mol. The van der Waals surface area contributed by atoms with Gasteiger partial charge in [0.1, 0.15) is 12.6 Å². The first-order valence-corrected chi connectivity index (χ1v) is 9.27. The van der Waals surface area contributed by atoms with E-state index in [-0.39, 0.29) is 36.8 Å². The van der Waals surface area contributed by atoms with Crippen molar-refractivity contribution in [1.82, 2.24) is 19.9 Å². The Kier molecular flexibility index (Phi) is 4.84. The number of carbonyl (C=O) groups excluding carboxylic acids is 2. The molecule has 1 aromatic heterocycles. The van der Waals surface area contributed by atoms with E-state index in [9.17, 15) is 14.7 Å². The Hall–Kier alpha value is -2.45. The zero-order valence-corrected chi connectivity index (χ0v) is 15.3. The van der Waals surface area contributed by atoms with Crippen LogP contribution in [-0.4, -0.2) is 49.6 Å². The van der Waals surface area contributed by atoms with Gasteiger partial charge in [0, 0.05) is 18.0 Å². The number of halogens is 1. The Morgan fingerprint density at radius 2 is 2.04 bits per heavy atom. The first kappa shape index (κ1) is 17.9. The van der Waals surface area contributed by atoms with Crippen molar-refractivity contribution in [1.29, 1.82) is 0 Å². The van der Waals surface area contributed by atoms with Gasteiger partial charge in [0.25, 0.3) is 5.91 Å². The number of piperidine rings is 1. The van der Waals surface area contributed by atoms with Crippen LogP contribution in [0.5, 0.6) is 0 Å². The van der Waals surface area contributed by atoms with Crippen LogP contribution in [0.1, 0.15) is 42.6 Å². The highest BCUT2D eigenvalue weighted by Gasteiger charge is 2.46. The van der Waals surface area contributed by atoms with Crippen LogP contribution in [0.25, 0.3) is 0 Å². The normalized spacial score (nSPS) is 20.9.